The molecule has 6 nitrogen and oxygen atoms in total. The van der Waals surface area contributed by atoms with Gasteiger partial charge in [0.1, 0.15) is 5.82 Å². The Bertz CT molecular complexity index is 484. The Morgan fingerprint density at radius 3 is 2.78 bits per heavy atom. The van der Waals surface area contributed by atoms with Gasteiger partial charge in [0.25, 0.3) is 0 Å². The van der Waals surface area contributed by atoms with Gasteiger partial charge in [-0.1, -0.05) is 13.0 Å². The number of carbonyl (C=O) groups is 1. The van der Waals surface area contributed by atoms with Gasteiger partial charge in [-0.15, -0.1) is 0 Å². The van der Waals surface area contributed by atoms with E-state index >= 15 is 0 Å². The van der Waals surface area contributed by atoms with Crippen molar-refractivity contribution in [3.63, 3.8) is 0 Å². The summed E-state index contributed by atoms with van der Waals surface area (Å²) in [5, 5.41) is 15.3. The fourth-order valence-corrected chi connectivity index (χ4v) is 2.69. The highest BCUT2D eigenvalue weighted by Gasteiger charge is 2.21. The molecule has 1 aliphatic rings. The summed E-state index contributed by atoms with van der Waals surface area (Å²) in [4.78, 5) is 18.6. The molecule has 0 aliphatic carbocycles. The molecule has 0 radical (unpaired) electrons. The summed E-state index contributed by atoms with van der Waals surface area (Å²) in [6.07, 6.45) is 4.70. The molecule has 6 heteroatoms. The van der Waals surface area contributed by atoms with Crippen molar-refractivity contribution in [3.05, 3.63) is 23.9 Å². The topological polar surface area (TPSA) is 77.5 Å². The molecule has 1 aromatic rings. The Labute approximate surface area is 138 Å². The Morgan fingerprint density at radius 2 is 2.17 bits per heavy atom. The molecule has 128 valence electrons. The van der Waals surface area contributed by atoms with E-state index in [4.69, 9.17) is 0 Å². The van der Waals surface area contributed by atoms with Gasteiger partial charge in [-0.2, -0.15) is 0 Å². The average molecular weight is 320 g/mol. The lowest BCUT2D eigenvalue weighted by molar-refractivity contribution is 0.160. The van der Waals surface area contributed by atoms with Crippen LogP contribution in [-0.2, 0) is 0 Å². The number of aromatic nitrogens is 1. The van der Waals surface area contributed by atoms with Gasteiger partial charge in [-0.25, -0.2) is 9.78 Å². The van der Waals surface area contributed by atoms with Crippen LogP contribution in [0.4, 0.5) is 10.6 Å². The molecule has 1 unspecified atom stereocenters. The third-order valence-electron chi connectivity index (χ3n) is 4.28. The highest BCUT2D eigenvalue weighted by Crippen LogP contribution is 2.17. The molecule has 2 amide bonds. The molecular weight excluding hydrogens is 292 g/mol. The second kappa shape index (κ2) is 8.72. The second-order valence-corrected chi connectivity index (χ2v) is 6.21. The first kappa shape index (κ1) is 17.5. The van der Waals surface area contributed by atoms with E-state index in [0.29, 0.717) is 13.0 Å². The molecule has 1 aromatic heterocycles. The smallest absolute Gasteiger partial charge is 0.315 e. The van der Waals surface area contributed by atoms with E-state index in [1.165, 1.54) is 0 Å². The number of aryl methyl sites for hydroxylation is 1. The SMILES string of the molecule is CCC(O)CCNC(=O)NC1CCN(c2ccc(C)cn2)CC1. The fourth-order valence-electron chi connectivity index (χ4n) is 2.69. The number of rotatable bonds is 6. The van der Waals surface area contributed by atoms with Gasteiger partial charge in [0, 0.05) is 31.9 Å². The zero-order valence-corrected chi connectivity index (χ0v) is 14.1. The van der Waals surface area contributed by atoms with E-state index in [9.17, 15) is 9.90 Å². The van der Waals surface area contributed by atoms with Crippen LogP contribution in [0, 0.1) is 6.92 Å². The van der Waals surface area contributed by atoms with Crippen molar-refractivity contribution in [2.24, 2.45) is 0 Å². The molecule has 1 saturated heterocycles. The maximum Gasteiger partial charge on any atom is 0.315 e. The molecule has 1 atom stereocenters. The minimum atomic E-state index is -0.333. The number of anilines is 1. The maximum atomic E-state index is 11.8. The molecule has 0 saturated carbocycles. The first-order chi connectivity index (χ1) is 11.1. The van der Waals surface area contributed by atoms with Crippen LogP contribution in [0.15, 0.2) is 18.3 Å². The van der Waals surface area contributed by atoms with Crippen LogP contribution in [0.1, 0.15) is 38.2 Å². The number of carbonyl (C=O) groups excluding carboxylic acids is 1. The summed E-state index contributed by atoms with van der Waals surface area (Å²) in [6.45, 7) is 6.27. The summed E-state index contributed by atoms with van der Waals surface area (Å²) in [6, 6.07) is 4.19. The second-order valence-electron chi connectivity index (χ2n) is 6.21. The van der Waals surface area contributed by atoms with Crippen LogP contribution in [0.5, 0.6) is 0 Å². The number of aliphatic hydroxyl groups is 1. The molecule has 3 N–H and O–H groups in total. The van der Waals surface area contributed by atoms with Crippen molar-refractivity contribution < 1.29 is 9.90 Å². The minimum Gasteiger partial charge on any atom is -0.393 e. The van der Waals surface area contributed by atoms with E-state index in [1.807, 2.05) is 20.0 Å². The van der Waals surface area contributed by atoms with E-state index in [-0.39, 0.29) is 18.2 Å². The molecule has 0 bridgehead atoms. The highest BCUT2D eigenvalue weighted by molar-refractivity contribution is 5.74. The van der Waals surface area contributed by atoms with Gasteiger partial charge < -0.3 is 20.6 Å². The van der Waals surface area contributed by atoms with Crippen LogP contribution in [0.25, 0.3) is 0 Å². The number of nitrogens with zero attached hydrogens (tertiary/aromatic N) is 2. The van der Waals surface area contributed by atoms with E-state index < -0.39 is 0 Å². The fraction of sp³-hybridized carbons (Fsp3) is 0.647. The van der Waals surface area contributed by atoms with Gasteiger partial charge in [0.2, 0.25) is 0 Å². The lowest BCUT2D eigenvalue weighted by Crippen LogP contribution is -2.48. The van der Waals surface area contributed by atoms with Crippen molar-refractivity contribution in [3.8, 4) is 0 Å². The molecule has 1 aliphatic heterocycles. The lowest BCUT2D eigenvalue weighted by atomic mass is 10.1. The quantitative estimate of drug-likeness (QED) is 0.747. The van der Waals surface area contributed by atoms with Gasteiger partial charge in [0.05, 0.1) is 6.10 Å². The molecule has 0 spiro atoms. The van der Waals surface area contributed by atoms with Gasteiger partial charge in [-0.3, -0.25) is 0 Å². The Kier molecular flexibility index (Phi) is 6.65. The number of nitrogens with one attached hydrogen (secondary N) is 2. The standard InChI is InChI=1S/C17H28N4O2/c1-3-15(22)6-9-18-17(23)20-14-7-10-21(11-8-14)16-5-4-13(2)12-19-16/h4-5,12,14-15,22H,3,6-11H2,1-2H3,(H2,18,20,23). The van der Waals surface area contributed by atoms with Crippen LogP contribution in [0.3, 0.4) is 0 Å². The van der Waals surface area contributed by atoms with E-state index in [2.05, 4.69) is 32.7 Å². The molecule has 1 fully saturated rings. The molecule has 23 heavy (non-hydrogen) atoms. The van der Waals surface area contributed by atoms with Crippen LogP contribution < -0.4 is 15.5 Å². The number of hydrogen-bond acceptors (Lipinski definition) is 4. The van der Waals surface area contributed by atoms with Crippen molar-refractivity contribution >= 4 is 11.8 Å². The van der Waals surface area contributed by atoms with Crippen molar-refractivity contribution in [1.82, 2.24) is 15.6 Å². The van der Waals surface area contributed by atoms with Crippen LogP contribution in [0.2, 0.25) is 0 Å². The lowest BCUT2D eigenvalue weighted by Gasteiger charge is -2.33. The summed E-state index contributed by atoms with van der Waals surface area (Å²) in [5.41, 5.74) is 1.16. The number of aliphatic hydroxyl groups excluding tert-OH is 1. The Morgan fingerprint density at radius 1 is 1.43 bits per heavy atom. The van der Waals surface area contributed by atoms with Crippen molar-refractivity contribution in [2.75, 3.05) is 24.5 Å². The first-order valence-corrected chi connectivity index (χ1v) is 8.48. The van der Waals surface area contributed by atoms with Crippen molar-refractivity contribution in [1.29, 1.82) is 0 Å². The number of pyridine rings is 1. The summed E-state index contributed by atoms with van der Waals surface area (Å²) < 4.78 is 0. The van der Waals surface area contributed by atoms with Crippen LogP contribution >= 0.6 is 0 Å². The van der Waals surface area contributed by atoms with E-state index in [1.54, 1.807) is 0 Å². The zero-order chi connectivity index (χ0) is 16.7. The largest absolute Gasteiger partial charge is 0.393 e. The molecule has 0 aromatic carbocycles. The van der Waals surface area contributed by atoms with E-state index in [0.717, 1.165) is 43.7 Å². The predicted molar refractivity (Wildman–Crippen MR) is 91.7 cm³/mol. The first-order valence-electron chi connectivity index (χ1n) is 8.48. The Hall–Kier alpha value is -1.82. The summed E-state index contributed by atoms with van der Waals surface area (Å²) >= 11 is 0. The third-order valence-corrected chi connectivity index (χ3v) is 4.28. The summed E-state index contributed by atoms with van der Waals surface area (Å²) in [7, 11) is 0. The Balaban J connectivity index is 1.68. The normalized spacial score (nSPS) is 16.9. The average Bonchev–Trinajstić information content (AvgIpc) is 2.56. The number of hydrogen-bond donors (Lipinski definition) is 3. The summed E-state index contributed by atoms with van der Waals surface area (Å²) in [5.74, 6) is 1.01. The monoisotopic (exact) mass is 320 g/mol. The molecule has 2 heterocycles. The van der Waals surface area contributed by atoms with Gasteiger partial charge >= 0.3 is 6.03 Å². The number of amides is 2. The number of urea groups is 1. The number of piperidine rings is 1. The van der Waals surface area contributed by atoms with Gasteiger partial charge in [-0.05, 0) is 44.2 Å². The zero-order valence-electron chi connectivity index (χ0n) is 14.1. The third kappa shape index (κ3) is 5.71. The molecule has 2 rings (SSSR count). The predicted octanol–water partition coefficient (Wildman–Crippen LogP) is 1.82. The maximum absolute atomic E-state index is 11.8. The van der Waals surface area contributed by atoms with Crippen LogP contribution in [-0.4, -0.2) is 47.9 Å². The minimum absolute atomic E-state index is 0.139. The highest BCUT2D eigenvalue weighted by atomic mass is 16.3. The van der Waals surface area contributed by atoms with Gasteiger partial charge in [0.15, 0.2) is 0 Å². The molecular formula is C17H28N4O2. The van der Waals surface area contributed by atoms with Crippen molar-refractivity contribution in [2.45, 2.75) is 51.7 Å².